The Labute approximate surface area is 197 Å². The van der Waals surface area contributed by atoms with Crippen LogP contribution < -0.4 is 5.32 Å². The first-order valence-corrected chi connectivity index (χ1v) is 13.0. The monoisotopic (exact) mass is 489 g/mol. The van der Waals surface area contributed by atoms with E-state index in [2.05, 4.69) is 15.5 Å². The van der Waals surface area contributed by atoms with Crippen molar-refractivity contribution in [3.05, 3.63) is 53.7 Å². The number of hydrogen-bond donors (Lipinski definition) is 1. The summed E-state index contributed by atoms with van der Waals surface area (Å²) in [5, 5.41) is 11.4. The number of pyridine rings is 1. The molecule has 9 nitrogen and oxygen atoms in total. The molecule has 0 aliphatic carbocycles. The molecule has 33 heavy (non-hydrogen) atoms. The van der Waals surface area contributed by atoms with Crippen molar-refractivity contribution in [1.29, 1.82) is 0 Å². The Morgan fingerprint density at radius 2 is 1.76 bits per heavy atom. The number of amides is 1. The second kappa shape index (κ2) is 10.4. The number of sulfonamides is 1. The maximum atomic E-state index is 12.8. The van der Waals surface area contributed by atoms with E-state index in [4.69, 9.17) is 0 Å². The standard InChI is InChI=1S/C22H27N5O4S2/c1-5-26(6-2)33(30,31)19-11-12-21-24-25-22(27(21)13-19)32-14-20(29)18-9-7-17(8-10-18)15(3)23-16(4)28/h7-13,15H,5-6,14H2,1-4H3,(H,23,28). The van der Waals surface area contributed by atoms with Gasteiger partial charge >= 0.3 is 0 Å². The minimum atomic E-state index is -3.63. The average Bonchev–Trinajstić information content (AvgIpc) is 3.20. The molecule has 0 saturated carbocycles. The largest absolute Gasteiger partial charge is 0.350 e. The highest BCUT2D eigenvalue weighted by Crippen LogP contribution is 2.22. The van der Waals surface area contributed by atoms with Crippen molar-refractivity contribution in [1.82, 2.24) is 24.2 Å². The molecule has 3 rings (SSSR count). The zero-order chi connectivity index (χ0) is 24.2. The number of nitrogens with zero attached hydrogens (tertiary/aromatic N) is 4. The van der Waals surface area contributed by atoms with Gasteiger partial charge in [-0.2, -0.15) is 4.31 Å². The molecule has 2 aromatic heterocycles. The van der Waals surface area contributed by atoms with Gasteiger partial charge in [0, 0.05) is 31.8 Å². The van der Waals surface area contributed by atoms with Gasteiger partial charge in [0.15, 0.2) is 16.6 Å². The van der Waals surface area contributed by atoms with E-state index < -0.39 is 10.0 Å². The Morgan fingerprint density at radius 3 is 2.36 bits per heavy atom. The van der Waals surface area contributed by atoms with Gasteiger partial charge in [-0.05, 0) is 24.6 Å². The molecule has 0 saturated heterocycles. The van der Waals surface area contributed by atoms with Gasteiger partial charge < -0.3 is 5.32 Å². The molecule has 176 valence electrons. The fourth-order valence-electron chi connectivity index (χ4n) is 3.37. The van der Waals surface area contributed by atoms with Crippen LogP contribution in [0.3, 0.4) is 0 Å². The van der Waals surface area contributed by atoms with Crippen molar-refractivity contribution in [2.75, 3.05) is 18.8 Å². The SMILES string of the molecule is CCN(CC)S(=O)(=O)c1ccc2nnc(SCC(=O)c3ccc(C(C)NC(C)=O)cc3)n2c1. The lowest BCUT2D eigenvalue weighted by molar-refractivity contribution is -0.119. The van der Waals surface area contributed by atoms with E-state index in [1.165, 1.54) is 35.3 Å². The summed E-state index contributed by atoms with van der Waals surface area (Å²) in [4.78, 5) is 24.0. The van der Waals surface area contributed by atoms with Crippen LogP contribution in [0.1, 0.15) is 49.7 Å². The molecule has 0 aliphatic rings. The number of ketones is 1. The topological polar surface area (TPSA) is 114 Å². The van der Waals surface area contributed by atoms with Crippen molar-refractivity contribution in [3.63, 3.8) is 0 Å². The van der Waals surface area contributed by atoms with Crippen LogP contribution in [0.15, 0.2) is 52.6 Å². The number of carbonyl (C=O) groups excluding carboxylic acids is 2. The number of thioether (sulfide) groups is 1. The number of benzene rings is 1. The van der Waals surface area contributed by atoms with Gasteiger partial charge in [0.05, 0.1) is 16.7 Å². The number of hydrogen-bond acceptors (Lipinski definition) is 7. The molecule has 11 heteroatoms. The third-order valence-corrected chi connectivity index (χ3v) is 8.15. The molecule has 1 amide bonds. The number of fused-ring (bicyclic) bond motifs is 1. The first-order chi connectivity index (χ1) is 15.7. The normalized spacial score (nSPS) is 12.8. The summed E-state index contributed by atoms with van der Waals surface area (Å²) in [5.41, 5.74) is 1.94. The summed E-state index contributed by atoms with van der Waals surface area (Å²) in [6, 6.07) is 10.1. The Kier molecular flexibility index (Phi) is 7.88. The molecule has 0 fully saturated rings. The lowest BCUT2D eigenvalue weighted by Crippen LogP contribution is -2.30. The van der Waals surface area contributed by atoms with Crippen LogP contribution in [0, 0.1) is 0 Å². The smallest absolute Gasteiger partial charge is 0.244 e. The summed E-state index contributed by atoms with van der Waals surface area (Å²) in [5.74, 6) is -0.0935. The molecule has 0 radical (unpaired) electrons. The number of aromatic nitrogens is 3. The Bertz CT molecular complexity index is 1250. The van der Waals surface area contributed by atoms with Crippen LogP contribution in [-0.2, 0) is 14.8 Å². The highest BCUT2D eigenvalue weighted by molar-refractivity contribution is 7.99. The quantitative estimate of drug-likeness (QED) is 0.344. The Morgan fingerprint density at radius 1 is 1.09 bits per heavy atom. The van der Waals surface area contributed by atoms with Gasteiger partial charge in [-0.15, -0.1) is 10.2 Å². The third kappa shape index (κ3) is 5.60. The average molecular weight is 490 g/mol. The first-order valence-electron chi connectivity index (χ1n) is 10.5. The molecular formula is C22H27N5O4S2. The number of rotatable bonds is 10. The van der Waals surface area contributed by atoms with Crippen LogP contribution in [0.2, 0.25) is 0 Å². The van der Waals surface area contributed by atoms with Gasteiger partial charge in [-0.25, -0.2) is 8.42 Å². The zero-order valence-corrected chi connectivity index (χ0v) is 20.6. The van der Waals surface area contributed by atoms with Gasteiger partial charge in [-0.3, -0.25) is 14.0 Å². The highest BCUT2D eigenvalue weighted by Gasteiger charge is 2.23. The van der Waals surface area contributed by atoms with Crippen LogP contribution in [0.5, 0.6) is 0 Å². The Balaban J connectivity index is 1.75. The van der Waals surface area contributed by atoms with Crippen LogP contribution in [-0.4, -0.2) is 57.9 Å². The highest BCUT2D eigenvalue weighted by atomic mass is 32.2. The fraction of sp³-hybridized carbons (Fsp3) is 0.364. The molecule has 3 aromatic rings. The van der Waals surface area contributed by atoms with E-state index in [-0.39, 0.29) is 28.4 Å². The van der Waals surface area contributed by atoms with E-state index in [0.717, 1.165) is 5.56 Å². The molecule has 1 atom stereocenters. The van der Waals surface area contributed by atoms with E-state index in [1.807, 2.05) is 19.1 Å². The predicted octanol–water partition coefficient (Wildman–Crippen LogP) is 2.93. The minimum Gasteiger partial charge on any atom is -0.350 e. The van der Waals surface area contributed by atoms with Crippen LogP contribution >= 0.6 is 11.8 Å². The fourth-order valence-corrected chi connectivity index (χ4v) is 5.64. The molecule has 1 aromatic carbocycles. The lowest BCUT2D eigenvalue weighted by atomic mass is 10.0. The van der Waals surface area contributed by atoms with Gasteiger partial charge in [-0.1, -0.05) is 49.9 Å². The van der Waals surface area contributed by atoms with Crippen molar-refractivity contribution < 1.29 is 18.0 Å². The number of nitrogens with one attached hydrogen (secondary N) is 1. The second-order valence-electron chi connectivity index (χ2n) is 7.42. The first kappa shape index (κ1) is 24.9. The van der Waals surface area contributed by atoms with Crippen molar-refractivity contribution >= 4 is 39.1 Å². The summed E-state index contributed by atoms with van der Waals surface area (Å²) in [6.45, 7) is 7.66. The second-order valence-corrected chi connectivity index (χ2v) is 10.3. The summed E-state index contributed by atoms with van der Waals surface area (Å²) < 4.78 is 28.7. The summed E-state index contributed by atoms with van der Waals surface area (Å²) in [7, 11) is -3.63. The summed E-state index contributed by atoms with van der Waals surface area (Å²) >= 11 is 1.19. The van der Waals surface area contributed by atoms with Gasteiger partial charge in [0.2, 0.25) is 15.9 Å². The number of Topliss-reactive ketones (excluding diaryl/α,β-unsaturated/α-hetero) is 1. The van der Waals surface area contributed by atoms with E-state index in [9.17, 15) is 18.0 Å². The summed E-state index contributed by atoms with van der Waals surface area (Å²) in [6.07, 6.45) is 1.49. The predicted molar refractivity (Wildman–Crippen MR) is 127 cm³/mol. The van der Waals surface area contributed by atoms with E-state index in [0.29, 0.717) is 29.5 Å². The molecular weight excluding hydrogens is 462 g/mol. The third-order valence-electron chi connectivity index (χ3n) is 5.17. The van der Waals surface area contributed by atoms with Gasteiger partial charge in [0.1, 0.15) is 0 Å². The van der Waals surface area contributed by atoms with Crippen molar-refractivity contribution in [2.45, 2.75) is 43.8 Å². The number of carbonyl (C=O) groups is 2. The molecule has 1 unspecified atom stereocenters. The van der Waals surface area contributed by atoms with Crippen molar-refractivity contribution in [2.24, 2.45) is 0 Å². The molecule has 0 aliphatic heterocycles. The molecule has 0 spiro atoms. The van der Waals surface area contributed by atoms with Crippen LogP contribution in [0.25, 0.3) is 5.65 Å². The van der Waals surface area contributed by atoms with Crippen LogP contribution in [0.4, 0.5) is 0 Å². The zero-order valence-electron chi connectivity index (χ0n) is 19.0. The maximum Gasteiger partial charge on any atom is 0.244 e. The lowest BCUT2D eigenvalue weighted by Gasteiger charge is -2.18. The van der Waals surface area contributed by atoms with E-state index >= 15 is 0 Å². The minimum absolute atomic E-state index is 0.0950. The van der Waals surface area contributed by atoms with Crippen molar-refractivity contribution in [3.8, 4) is 0 Å². The molecule has 1 N–H and O–H groups in total. The molecule has 0 bridgehead atoms. The Hall–Kier alpha value is -2.76. The maximum absolute atomic E-state index is 12.8. The van der Waals surface area contributed by atoms with Gasteiger partial charge in [0.25, 0.3) is 0 Å². The van der Waals surface area contributed by atoms with E-state index in [1.54, 1.807) is 36.4 Å². The molecule has 2 heterocycles.